The second kappa shape index (κ2) is 6.48. The third-order valence-electron chi connectivity index (χ3n) is 2.36. The molecule has 1 heterocycles. The maximum Gasteiger partial charge on any atom is 0.307 e. The van der Waals surface area contributed by atoms with Gasteiger partial charge in [-0.1, -0.05) is 18.2 Å². The number of hydrogen-bond acceptors (Lipinski definition) is 3. The van der Waals surface area contributed by atoms with Crippen molar-refractivity contribution >= 4 is 16.9 Å². The number of aliphatic carboxylic acids is 1. The number of hydrogen-bond donors (Lipinski definition) is 2. The van der Waals surface area contributed by atoms with E-state index in [9.17, 15) is 4.79 Å². The second-order valence-corrected chi connectivity index (χ2v) is 5.67. The van der Waals surface area contributed by atoms with Crippen LogP contribution in [0.1, 0.15) is 32.0 Å². The molecule has 0 saturated heterocycles. The highest BCUT2D eigenvalue weighted by Gasteiger charge is 2.06. The molecule has 2 rings (SSSR count). The summed E-state index contributed by atoms with van der Waals surface area (Å²) in [4.78, 5) is 15.0. The lowest BCUT2D eigenvalue weighted by Gasteiger charge is -2.04. The maximum absolute atomic E-state index is 10.6. The topological polar surface area (TPSA) is 70.4 Å². The minimum absolute atomic E-state index is 0.0314. The summed E-state index contributed by atoms with van der Waals surface area (Å²) in [5, 5.41) is 18.2. The van der Waals surface area contributed by atoms with E-state index in [4.69, 9.17) is 10.2 Å². The maximum atomic E-state index is 10.6. The van der Waals surface area contributed by atoms with Gasteiger partial charge < -0.3 is 10.2 Å². The number of fused-ring (bicyclic) bond motifs is 1. The number of rotatable bonds is 2. The standard InChI is InChI=1S/C12H11NO2.C4H10O/c1-8-10(7-12(14)15)6-9-4-2-3-5-11(9)13-8;1-4(2,3)5/h2-6H,7H2,1H3,(H,14,15);5H,1-3H3. The summed E-state index contributed by atoms with van der Waals surface area (Å²) in [5.74, 6) is -0.824. The van der Waals surface area contributed by atoms with Crippen LogP contribution < -0.4 is 0 Å². The third kappa shape index (κ3) is 5.80. The van der Waals surface area contributed by atoms with E-state index < -0.39 is 11.6 Å². The number of carbonyl (C=O) groups is 1. The summed E-state index contributed by atoms with van der Waals surface area (Å²) in [6, 6.07) is 9.60. The summed E-state index contributed by atoms with van der Waals surface area (Å²) in [7, 11) is 0. The molecule has 0 fully saturated rings. The average Bonchev–Trinajstić information content (AvgIpc) is 2.27. The molecule has 0 atom stereocenters. The highest BCUT2D eigenvalue weighted by Crippen LogP contribution is 2.16. The lowest BCUT2D eigenvalue weighted by Crippen LogP contribution is -2.10. The largest absolute Gasteiger partial charge is 0.481 e. The highest BCUT2D eigenvalue weighted by molar-refractivity contribution is 5.81. The zero-order valence-electron chi connectivity index (χ0n) is 12.3. The van der Waals surface area contributed by atoms with E-state index in [1.807, 2.05) is 37.3 Å². The molecule has 0 amide bonds. The Bertz CT molecular complexity index is 594. The van der Waals surface area contributed by atoms with Crippen LogP contribution in [-0.2, 0) is 11.2 Å². The van der Waals surface area contributed by atoms with Gasteiger partial charge in [-0.25, -0.2) is 0 Å². The molecular formula is C16H21NO3. The van der Waals surface area contributed by atoms with Crippen molar-refractivity contribution in [1.29, 1.82) is 0 Å². The van der Waals surface area contributed by atoms with Crippen LogP contribution in [0, 0.1) is 6.92 Å². The molecule has 1 aromatic heterocycles. The van der Waals surface area contributed by atoms with E-state index in [0.717, 1.165) is 22.2 Å². The van der Waals surface area contributed by atoms with Crippen LogP contribution in [0.3, 0.4) is 0 Å². The van der Waals surface area contributed by atoms with Gasteiger partial charge in [0.1, 0.15) is 0 Å². The van der Waals surface area contributed by atoms with Crippen molar-refractivity contribution in [3.8, 4) is 0 Å². The molecule has 2 N–H and O–H groups in total. The van der Waals surface area contributed by atoms with Gasteiger partial charge in [-0.2, -0.15) is 0 Å². The molecule has 1 aromatic carbocycles. The Labute approximate surface area is 119 Å². The fourth-order valence-corrected chi connectivity index (χ4v) is 1.60. The molecule has 0 radical (unpaired) electrons. The first-order valence-corrected chi connectivity index (χ1v) is 6.46. The van der Waals surface area contributed by atoms with E-state index in [2.05, 4.69) is 4.98 Å². The van der Waals surface area contributed by atoms with Crippen LogP contribution >= 0.6 is 0 Å². The summed E-state index contributed by atoms with van der Waals surface area (Å²) in [5.41, 5.74) is 1.97. The second-order valence-electron chi connectivity index (χ2n) is 5.67. The minimum atomic E-state index is -0.824. The van der Waals surface area contributed by atoms with Crippen LogP contribution in [-0.4, -0.2) is 26.8 Å². The number of pyridine rings is 1. The van der Waals surface area contributed by atoms with Crippen LogP contribution in [0.5, 0.6) is 0 Å². The van der Waals surface area contributed by atoms with Gasteiger partial charge in [0.15, 0.2) is 0 Å². The van der Waals surface area contributed by atoms with Gasteiger partial charge in [-0.05, 0) is 45.4 Å². The molecular weight excluding hydrogens is 254 g/mol. The third-order valence-corrected chi connectivity index (χ3v) is 2.36. The molecule has 4 nitrogen and oxygen atoms in total. The SMILES string of the molecule is CC(C)(C)O.Cc1nc2ccccc2cc1CC(=O)O. The molecule has 2 aromatic rings. The van der Waals surface area contributed by atoms with Crippen LogP contribution in [0.15, 0.2) is 30.3 Å². The molecule has 0 aliphatic carbocycles. The Morgan fingerprint density at radius 2 is 1.80 bits per heavy atom. The molecule has 0 bridgehead atoms. The van der Waals surface area contributed by atoms with Gasteiger partial charge in [0.2, 0.25) is 0 Å². The fourth-order valence-electron chi connectivity index (χ4n) is 1.60. The van der Waals surface area contributed by atoms with Crippen LogP contribution in [0.25, 0.3) is 10.9 Å². The molecule has 0 saturated carbocycles. The zero-order chi connectivity index (χ0) is 15.3. The Hall–Kier alpha value is -1.94. The molecule has 0 unspecified atom stereocenters. The number of aliphatic hydroxyl groups is 1. The lowest BCUT2D eigenvalue weighted by atomic mass is 10.1. The van der Waals surface area contributed by atoms with E-state index in [1.165, 1.54) is 0 Å². The lowest BCUT2D eigenvalue weighted by molar-refractivity contribution is -0.136. The van der Waals surface area contributed by atoms with Gasteiger partial charge in [0, 0.05) is 11.1 Å². The predicted octanol–water partition coefficient (Wildman–Crippen LogP) is 2.95. The van der Waals surface area contributed by atoms with Crippen LogP contribution in [0.4, 0.5) is 0 Å². The fraction of sp³-hybridized carbons (Fsp3) is 0.375. The summed E-state index contributed by atoms with van der Waals surface area (Å²) in [6.07, 6.45) is 0.0314. The molecule has 4 heteroatoms. The van der Waals surface area contributed by atoms with Crippen molar-refractivity contribution in [3.63, 3.8) is 0 Å². The smallest absolute Gasteiger partial charge is 0.307 e. The van der Waals surface area contributed by atoms with Crippen molar-refractivity contribution in [2.75, 3.05) is 0 Å². The Morgan fingerprint density at radius 3 is 2.35 bits per heavy atom. The monoisotopic (exact) mass is 275 g/mol. The number of benzene rings is 1. The van der Waals surface area contributed by atoms with Crippen molar-refractivity contribution in [1.82, 2.24) is 4.98 Å². The number of nitrogens with zero attached hydrogens (tertiary/aromatic N) is 1. The summed E-state index contributed by atoms with van der Waals surface area (Å²) >= 11 is 0. The molecule has 0 aliphatic heterocycles. The summed E-state index contributed by atoms with van der Waals surface area (Å²) < 4.78 is 0. The van der Waals surface area contributed by atoms with Gasteiger partial charge in [0.25, 0.3) is 0 Å². The number of carboxylic acids is 1. The number of aromatic nitrogens is 1. The molecule has 108 valence electrons. The normalized spacial score (nSPS) is 10.8. The zero-order valence-corrected chi connectivity index (χ0v) is 12.3. The molecule has 0 aliphatic rings. The van der Waals surface area contributed by atoms with E-state index in [0.29, 0.717) is 0 Å². The van der Waals surface area contributed by atoms with E-state index in [-0.39, 0.29) is 6.42 Å². The summed E-state index contributed by atoms with van der Waals surface area (Å²) in [6.45, 7) is 7.07. The van der Waals surface area contributed by atoms with E-state index in [1.54, 1.807) is 20.8 Å². The number of carboxylic acid groups (broad SMARTS) is 1. The quantitative estimate of drug-likeness (QED) is 0.884. The van der Waals surface area contributed by atoms with Crippen molar-refractivity contribution < 1.29 is 15.0 Å². The van der Waals surface area contributed by atoms with Gasteiger partial charge in [-0.15, -0.1) is 0 Å². The van der Waals surface area contributed by atoms with Gasteiger partial charge >= 0.3 is 5.97 Å². The van der Waals surface area contributed by atoms with Crippen molar-refractivity contribution in [2.24, 2.45) is 0 Å². The van der Waals surface area contributed by atoms with Crippen LogP contribution in [0.2, 0.25) is 0 Å². The Kier molecular flexibility index (Phi) is 5.22. The van der Waals surface area contributed by atoms with E-state index >= 15 is 0 Å². The average molecular weight is 275 g/mol. The Balaban J connectivity index is 0.000000347. The molecule has 20 heavy (non-hydrogen) atoms. The van der Waals surface area contributed by atoms with Gasteiger partial charge in [-0.3, -0.25) is 9.78 Å². The number of aryl methyl sites for hydroxylation is 1. The predicted molar refractivity (Wildman–Crippen MR) is 79.8 cm³/mol. The first-order valence-electron chi connectivity index (χ1n) is 6.46. The highest BCUT2D eigenvalue weighted by atomic mass is 16.4. The minimum Gasteiger partial charge on any atom is -0.481 e. The number of para-hydroxylation sites is 1. The first-order chi connectivity index (χ1) is 9.16. The van der Waals surface area contributed by atoms with Gasteiger partial charge in [0.05, 0.1) is 17.5 Å². The first kappa shape index (κ1) is 16.1. The van der Waals surface area contributed by atoms with Crippen molar-refractivity contribution in [2.45, 2.75) is 39.7 Å². The van der Waals surface area contributed by atoms with Crippen molar-refractivity contribution in [3.05, 3.63) is 41.6 Å². The Morgan fingerprint density at radius 1 is 1.25 bits per heavy atom. The molecule has 0 spiro atoms.